The van der Waals surface area contributed by atoms with Crippen LogP contribution in [0.4, 0.5) is 4.39 Å². The van der Waals surface area contributed by atoms with E-state index in [1.165, 1.54) is 13.2 Å². The SMILES string of the molecule is COc1cc(F)c(O[C@H]2CC[C@@](C)(C(=O)O)CC2)cc1C(=O)N[C@@H]1[C@H]2CC[C@H](C2)[C@@H]1C(=O)NC1CCCC1(C)C. The second-order valence-electron chi connectivity index (χ2n) is 13.5. The molecule has 0 saturated heterocycles. The molecule has 220 valence electrons. The number of benzene rings is 1. The normalized spacial score (nSPS) is 34.3. The zero-order valence-electron chi connectivity index (χ0n) is 24.1. The van der Waals surface area contributed by atoms with E-state index in [1.54, 1.807) is 6.92 Å². The molecule has 4 fully saturated rings. The minimum Gasteiger partial charge on any atom is -0.496 e. The molecule has 2 amide bonds. The lowest BCUT2D eigenvalue weighted by atomic mass is 9.75. The Kier molecular flexibility index (Phi) is 7.79. The summed E-state index contributed by atoms with van der Waals surface area (Å²) in [5.41, 5.74) is -0.585. The Labute approximate surface area is 235 Å². The molecule has 4 aliphatic rings. The average Bonchev–Trinajstić information content (AvgIpc) is 3.61. The molecule has 0 spiro atoms. The van der Waals surface area contributed by atoms with Gasteiger partial charge in [0.15, 0.2) is 11.6 Å². The maximum absolute atomic E-state index is 15.0. The summed E-state index contributed by atoms with van der Waals surface area (Å²) in [6, 6.07) is 2.38. The van der Waals surface area contributed by atoms with Gasteiger partial charge >= 0.3 is 5.97 Å². The third-order valence-corrected chi connectivity index (χ3v) is 10.4. The van der Waals surface area contributed by atoms with E-state index in [2.05, 4.69) is 24.5 Å². The van der Waals surface area contributed by atoms with Crippen molar-refractivity contribution in [1.82, 2.24) is 10.6 Å². The van der Waals surface area contributed by atoms with E-state index in [9.17, 15) is 23.9 Å². The van der Waals surface area contributed by atoms with Crippen LogP contribution in [0.15, 0.2) is 12.1 Å². The Hall–Kier alpha value is -2.84. The quantitative estimate of drug-likeness (QED) is 0.410. The second kappa shape index (κ2) is 10.9. The molecule has 0 aliphatic heterocycles. The summed E-state index contributed by atoms with van der Waals surface area (Å²) in [6.07, 6.45) is 7.53. The van der Waals surface area contributed by atoms with Crippen LogP contribution in [0.2, 0.25) is 0 Å². The molecule has 8 nitrogen and oxygen atoms in total. The van der Waals surface area contributed by atoms with Crippen molar-refractivity contribution < 1.29 is 33.4 Å². The van der Waals surface area contributed by atoms with Crippen molar-refractivity contribution in [2.45, 2.75) is 103 Å². The smallest absolute Gasteiger partial charge is 0.309 e. The lowest BCUT2D eigenvalue weighted by Gasteiger charge is -2.34. The molecule has 1 aromatic carbocycles. The van der Waals surface area contributed by atoms with Crippen molar-refractivity contribution in [3.8, 4) is 11.5 Å². The topological polar surface area (TPSA) is 114 Å². The largest absolute Gasteiger partial charge is 0.496 e. The van der Waals surface area contributed by atoms with Crippen LogP contribution in [0.25, 0.3) is 0 Å². The van der Waals surface area contributed by atoms with Gasteiger partial charge in [0.25, 0.3) is 5.91 Å². The van der Waals surface area contributed by atoms with Crippen molar-refractivity contribution in [2.75, 3.05) is 7.11 Å². The number of nitrogens with one attached hydrogen (secondary N) is 2. The maximum atomic E-state index is 15.0. The van der Waals surface area contributed by atoms with Crippen LogP contribution in [0.5, 0.6) is 11.5 Å². The van der Waals surface area contributed by atoms with Crippen LogP contribution >= 0.6 is 0 Å². The number of fused-ring (bicyclic) bond motifs is 2. The second-order valence-corrected chi connectivity index (χ2v) is 13.5. The number of ether oxygens (including phenoxy) is 2. The molecule has 0 radical (unpaired) electrons. The van der Waals surface area contributed by atoms with Gasteiger partial charge in [-0.3, -0.25) is 14.4 Å². The molecule has 3 N–H and O–H groups in total. The van der Waals surface area contributed by atoms with Crippen LogP contribution < -0.4 is 20.1 Å². The molecule has 5 rings (SSSR count). The minimum absolute atomic E-state index is 0.0261. The summed E-state index contributed by atoms with van der Waals surface area (Å²) in [4.78, 5) is 38.7. The van der Waals surface area contributed by atoms with E-state index >= 15 is 0 Å². The summed E-state index contributed by atoms with van der Waals surface area (Å²) in [7, 11) is 1.39. The lowest BCUT2D eigenvalue weighted by molar-refractivity contribution is -0.150. The van der Waals surface area contributed by atoms with Gasteiger partial charge < -0.3 is 25.2 Å². The number of halogens is 1. The molecule has 40 heavy (non-hydrogen) atoms. The van der Waals surface area contributed by atoms with E-state index < -0.39 is 23.1 Å². The number of methoxy groups -OCH3 is 1. The molecule has 0 aromatic heterocycles. The van der Waals surface area contributed by atoms with Crippen LogP contribution in [-0.2, 0) is 9.59 Å². The standard InChI is InChI=1S/C31H43FN2O6/c1-30(2)11-5-6-24(30)33-28(36)25-17-7-8-18(14-17)26(25)34-27(35)20-15-23(21(32)16-22(20)39-4)40-19-9-12-31(3,13-10-19)29(37)38/h15-19,24-26H,5-14H2,1-4H3,(H,33,36)(H,34,35)(H,37,38)/t17-,18+,19-,24?,25+,26-,31+/m1/s1. The third-order valence-electron chi connectivity index (χ3n) is 10.4. The van der Waals surface area contributed by atoms with E-state index in [0.29, 0.717) is 25.7 Å². The number of carbonyl (C=O) groups excluding carboxylic acids is 2. The fourth-order valence-corrected chi connectivity index (χ4v) is 7.68. The first-order valence-electron chi connectivity index (χ1n) is 14.8. The molecule has 9 heteroatoms. The van der Waals surface area contributed by atoms with Crippen molar-refractivity contribution in [3.05, 3.63) is 23.5 Å². The van der Waals surface area contributed by atoms with Gasteiger partial charge in [0, 0.05) is 18.2 Å². The first-order valence-corrected chi connectivity index (χ1v) is 14.8. The van der Waals surface area contributed by atoms with Crippen LogP contribution in [-0.4, -0.2) is 48.2 Å². The highest BCUT2D eigenvalue weighted by Gasteiger charge is 2.52. The first kappa shape index (κ1) is 28.7. The number of hydrogen-bond donors (Lipinski definition) is 3. The number of rotatable bonds is 8. The number of hydrogen-bond acceptors (Lipinski definition) is 5. The van der Waals surface area contributed by atoms with Crippen molar-refractivity contribution in [1.29, 1.82) is 0 Å². The van der Waals surface area contributed by atoms with Gasteiger partial charge in [0.1, 0.15) is 5.75 Å². The van der Waals surface area contributed by atoms with Gasteiger partial charge in [-0.25, -0.2) is 4.39 Å². The number of amides is 2. The van der Waals surface area contributed by atoms with E-state index in [4.69, 9.17) is 9.47 Å². The monoisotopic (exact) mass is 558 g/mol. The first-order chi connectivity index (χ1) is 18.9. The summed E-state index contributed by atoms with van der Waals surface area (Å²) in [6.45, 7) is 6.12. The fourth-order valence-electron chi connectivity index (χ4n) is 7.68. The van der Waals surface area contributed by atoms with Gasteiger partial charge in [0.05, 0.1) is 30.1 Å². The lowest BCUT2D eigenvalue weighted by Crippen LogP contribution is -2.53. The summed E-state index contributed by atoms with van der Waals surface area (Å²) < 4.78 is 26.3. The molecule has 1 aromatic rings. The number of aliphatic carboxylic acids is 1. The Morgan fingerprint density at radius 3 is 2.27 bits per heavy atom. The Morgan fingerprint density at radius 2 is 1.65 bits per heavy atom. The summed E-state index contributed by atoms with van der Waals surface area (Å²) in [5.74, 6) is -1.63. The third kappa shape index (κ3) is 5.40. The molecule has 4 saturated carbocycles. The van der Waals surface area contributed by atoms with Gasteiger partial charge in [-0.2, -0.15) is 0 Å². The summed E-state index contributed by atoms with van der Waals surface area (Å²) >= 11 is 0. The average molecular weight is 559 g/mol. The van der Waals surface area contributed by atoms with Gasteiger partial charge in [-0.15, -0.1) is 0 Å². The zero-order chi connectivity index (χ0) is 28.8. The zero-order valence-corrected chi connectivity index (χ0v) is 24.1. The molecule has 4 aliphatic carbocycles. The van der Waals surface area contributed by atoms with Crippen LogP contribution in [0.3, 0.4) is 0 Å². The molecular weight excluding hydrogens is 515 g/mol. The fraction of sp³-hybridized carbons (Fsp3) is 0.710. The van der Waals surface area contributed by atoms with E-state index in [1.807, 2.05) is 0 Å². The predicted molar refractivity (Wildman–Crippen MR) is 147 cm³/mol. The molecule has 1 unspecified atom stereocenters. The Bertz CT molecular complexity index is 1160. The minimum atomic E-state index is -0.833. The number of carboxylic acids is 1. The van der Waals surface area contributed by atoms with Gasteiger partial charge in [-0.1, -0.05) is 20.3 Å². The maximum Gasteiger partial charge on any atom is 0.309 e. The van der Waals surface area contributed by atoms with E-state index in [-0.39, 0.29) is 64.3 Å². The van der Waals surface area contributed by atoms with Crippen LogP contribution in [0, 0.1) is 34.4 Å². The molecule has 0 heterocycles. The molecule has 5 atom stereocenters. The molecule has 2 bridgehead atoms. The van der Waals surface area contributed by atoms with Crippen molar-refractivity contribution >= 4 is 17.8 Å². The predicted octanol–water partition coefficient (Wildman–Crippen LogP) is 5.09. The highest BCUT2D eigenvalue weighted by Crippen LogP contribution is 2.49. The highest BCUT2D eigenvalue weighted by atomic mass is 19.1. The Morgan fingerprint density at radius 1 is 0.950 bits per heavy atom. The van der Waals surface area contributed by atoms with Crippen LogP contribution in [0.1, 0.15) is 95.3 Å². The summed E-state index contributed by atoms with van der Waals surface area (Å²) in [5, 5.41) is 15.9. The van der Waals surface area contributed by atoms with Gasteiger partial charge in [-0.05, 0) is 88.0 Å². The van der Waals surface area contributed by atoms with E-state index in [0.717, 1.165) is 44.6 Å². The van der Waals surface area contributed by atoms with Crippen molar-refractivity contribution in [2.24, 2.45) is 28.6 Å². The van der Waals surface area contributed by atoms with Crippen molar-refractivity contribution in [3.63, 3.8) is 0 Å². The van der Waals surface area contributed by atoms with Gasteiger partial charge in [0.2, 0.25) is 5.91 Å². The number of carboxylic acid groups (broad SMARTS) is 1. The molecular formula is C31H43FN2O6. The highest BCUT2D eigenvalue weighted by molar-refractivity contribution is 5.98. The Balaban J connectivity index is 1.30. The number of carbonyl (C=O) groups is 3.